The van der Waals surface area contributed by atoms with Gasteiger partial charge < -0.3 is 15.2 Å². The Morgan fingerprint density at radius 3 is 2.81 bits per heavy atom. The van der Waals surface area contributed by atoms with Crippen molar-refractivity contribution in [2.75, 3.05) is 26.8 Å². The molecule has 0 spiro atoms. The first-order valence-electron chi connectivity index (χ1n) is 8.35. The fourth-order valence-electron chi connectivity index (χ4n) is 3.92. The van der Waals surface area contributed by atoms with E-state index in [-0.39, 0.29) is 18.1 Å². The Morgan fingerprint density at radius 2 is 2.10 bits per heavy atom. The molecule has 1 aliphatic carbocycles. The summed E-state index contributed by atoms with van der Waals surface area (Å²) in [5.74, 6) is 0.416. The number of amides is 1. The van der Waals surface area contributed by atoms with Crippen LogP contribution in [0, 0.1) is 5.92 Å². The standard InChI is InChI=1S/C16H30N2O3/c1-12(16(20)17-9-11-21-2)18-10-5-7-14(18)13-6-3-4-8-15(13)19/h12-15,19H,3-11H2,1-2H3,(H,17,20). The van der Waals surface area contributed by atoms with Gasteiger partial charge in [-0.2, -0.15) is 0 Å². The molecule has 2 aliphatic rings. The maximum Gasteiger partial charge on any atom is 0.237 e. The van der Waals surface area contributed by atoms with Crippen molar-refractivity contribution in [3.63, 3.8) is 0 Å². The first-order valence-corrected chi connectivity index (χ1v) is 8.35. The van der Waals surface area contributed by atoms with Crippen LogP contribution in [0.1, 0.15) is 45.4 Å². The zero-order valence-electron chi connectivity index (χ0n) is 13.4. The van der Waals surface area contributed by atoms with E-state index in [9.17, 15) is 9.90 Å². The number of hydrogen-bond donors (Lipinski definition) is 2. The smallest absolute Gasteiger partial charge is 0.237 e. The lowest BCUT2D eigenvalue weighted by Crippen LogP contribution is -2.51. The fraction of sp³-hybridized carbons (Fsp3) is 0.938. The first kappa shape index (κ1) is 16.7. The van der Waals surface area contributed by atoms with Crippen LogP contribution in [0.4, 0.5) is 0 Å². The van der Waals surface area contributed by atoms with Crippen LogP contribution in [-0.2, 0) is 9.53 Å². The minimum atomic E-state index is -0.187. The second kappa shape index (κ2) is 8.11. The highest BCUT2D eigenvalue weighted by atomic mass is 16.5. The fourth-order valence-corrected chi connectivity index (χ4v) is 3.92. The number of rotatable bonds is 6. The zero-order valence-corrected chi connectivity index (χ0v) is 13.4. The highest BCUT2D eigenvalue weighted by molar-refractivity contribution is 5.81. The number of methoxy groups -OCH3 is 1. The third-order valence-electron chi connectivity index (χ3n) is 5.10. The van der Waals surface area contributed by atoms with Crippen LogP contribution in [0.2, 0.25) is 0 Å². The number of hydrogen-bond acceptors (Lipinski definition) is 4. The topological polar surface area (TPSA) is 61.8 Å². The van der Waals surface area contributed by atoms with Crippen LogP contribution >= 0.6 is 0 Å². The summed E-state index contributed by atoms with van der Waals surface area (Å²) >= 11 is 0. The van der Waals surface area contributed by atoms with E-state index in [0.29, 0.717) is 25.1 Å². The molecule has 4 unspecified atom stereocenters. The van der Waals surface area contributed by atoms with Crippen molar-refractivity contribution in [2.45, 2.75) is 63.6 Å². The Kier molecular flexibility index (Phi) is 6.45. The average molecular weight is 298 g/mol. The lowest BCUT2D eigenvalue weighted by Gasteiger charge is -2.39. The Balaban J connectivity index is 1.92. The van der Waals surface area contributed by atoms with Gasteiger partial charge in [0.2, 0.25) is 5.91 Å². The lowest BCUT2D eigenvalue weighted by molar-refractivity contribution is -0.127. The van der Waals surface area contributed by atoms with Crippen LogP contribution in [0.3, 0.4) is 0 Å². The molecule has 1 amide bonds. The number of aliphatic hydroxyl groups excluding tert-OH is 1. The van der Waals surface area contributed by atoms with Crippen molar-refractivity contribution in [1.29, 1.82) is 0 Å². The van der Waals surface area contributed by atoms with Crippen LogP contribution in [0.15, 0.2) is 0 Å². The predicted octanol–water partition coefficient (Wildman–Crippen LogP) is 1.15. The van der Waals surface area contributed by atoms with Crippen molar-refractivity contribution in [3.8, 4) is 0 Å². The Morgan fingerprint density at radius 1 is 1.33 bits per heavy atom. The third kappa shape index (κ3) is 4.18. The maximum absolute atomic E-state index is 12.2. The third-order valence-corrected chi connectivity index (χ3v) is 5.10. The molecule has 21 heavy (non-hydrogen) atoms. The van der Waals surface area contributed by atoms with Crippen molar-refractivity contribution in [1.82, 2.24) is 10.2 Å². The summed E-state index contributed by atoms with van der Waals surface area (Å²) in [6.45, 7) is 4.05. The van der Waals surface area contributed by atoms with Gasteiger partial charge in [0.25, 0.3) is 0 Å². The van der Waals surface area contributed by atoms with Crippen LogP contribution in [0.25, 0.3) is 0 Å². The van der Waals surface area contributed by atoms with E-state index in [4.69, 9.17) is 4.74 Å². The average Bonchev–Trinajstić information content (AvgIpc) is 2.96. The number of nitrogens with one attached hydrogen (secondary N) is 1. The van der Waals surface area contributed by atoms with E-state index in [0.717, 1.165) is 38.6 Å². The molecule has 4 atom stereocenters. The van der Waals surface area contributed by atoms with Gasteiger partial charge >= 0.3 is 0 Å². The van der Waals surface area contributed by atoms with E-state index < -0.39 is 0 Å². The highest BCUT2D eigenvalue weighted by Gasteiger charge is 2.40. The van der Waals surface area contributed by atoms with Gasteiger partial charge in [0.15, 0.2) is 0 Å². The quantitative estimate of drug-likeness (QED) is 0.722. The van der Waals surface area contributed by atoms with Gasteiger partial charge in [0.1, 0.15) is 0 Å². The van der Waals surface area contributed by atoms with Crippen LogP contribution < -0.4 is 5.32 Å². The number of nitrogens with zero attached hydrogens (tertiary/aromatic N) is 1. The molecule has 0 radical (unpaired) electrons. The molecule has 1 aliphatic heterocycles. The van der Waals surface area contributed by atoms with Crippen molar-refractivity contribution >= 4 is 5.91 Å². The van der Waals surface area contributed by atoms with E-state index >= 15 is 0 Å². The van der Waals surface area contributed by atoms with Crippen LogP contribution in [-0.4, -0.2) is 60.9 Å². The van der Waals surface area contributed by atoms with Gasteiger partial charge in [-0.05, 0) is 39.2 Å². The first-order chi connectivity index (χ1) is 10.1. The summed E-state index contributed by atoms with van der Waals surface area (Å²) in [4.78, 5) is 14.6. The predicted molar refractivity (Wildman–Crippen MR) is 82.0 cm³/mol. The molecule has 5 nitrogen and oxygen atoms in total. The Bertz CT molecular complexity index is 337. The van der Waals surface area contributed by atoms with Gasteiger partial charge in [0.05, 0.1) is 18.8 Å². The molecule has 2 N–H and O–H groups in total. The number of likely N-dealkylation sites (tertiary alicyclic amines) is 1. The van der Waals surface area contributed by atoms with Gasteiger partial charge in [-0.3, -0.25) is 9.69 Å². The van der Waals surface area contributed by atoms with Crippen molar-refractivity contribution < 1.29 is 14.6 Å². The van der Waals surface area contributed by atoms with Crippen molar-refractivity contribution in [2.24, 2.45) is 5.92 Å². The zero-order chi connectivity index (χ0) is 15.2. The Labute approximate surface area is 128 Å². The number of carbonyl (C=O) groups is 1. The molecular weight excluding hydrogens is 268 g/mol. The van der Waals surface area contributed by atoms with Crippen molar-refractivity contribution in [3.05, 3.63) is 0 Å². The van der Waals surface area contributed by atoms with E-state index in [1.807, 2.05) is 6.92 Å². The molecule has 0 aromatic rings. The van der Waals surface area contributed by atoms with Gasteiger partial charge in [-0.25, -0.2) is 0 Å². The minimum absolute atomic E-state index is 0.0734. The van der Waals surface area contributed by atoms with Gasteiger partial charge in [-0.1, -0.05) is 12.8 Å². The van der Waals surface area contributed by atoms with Gasteiger partial charge in [0, 0.05) is 25.6 Å². The Hall–Kier alpha value is -0.650. The number of carbonyl (C=O) groups excluding carboxylic acids is 1. The van der Waals surface area contributed by atoms with E-state index in [1.165, 1.54) is 6.42 Å². The molecule has 1 heterocycles. The molecular formula is C16H30N2O3. The molecule has 0 aromatic heterocycles. The summed E-state index contributed by atoms with van der Waals surface area (Å²) in [5, 5.41) is 13.2. The largest absolute Gasteiger partial charge is 0.393 e. The molecule has 2 fully saturated rings. The van der Waals surface area contributed by atoms with Gasteiger partial charge in [-0.15, -0.1) is 0 Å². The molecule has 2 rings (SSSR count). The molecule has 122 valence electrons. The molecule has 1 saturated heterocycles. The molecule has 0 bridgehead atoms. The number of ether oxygens (including phenoxy) is 1. The SMILES string of the molecule is COCCNC(=O)C(C)N1CCCC1C1CCCCC1O. The second-order valence-electron chi connectivity index (χ2n) is 6.42. The van der Waals surface area contributed by atoms with E-state index in [1.54, 1.807) is 7.11 Å². The van der Waals surface area contributed by atoms with E-state index in [2.05, 4.69) is 10.2 Å². The summed E-state index contributed by atoms with van der Waals surface area (Å²) in [6.07, 6.45) is 6.41. The highest BCUT2D eigenvalue weighted by Crippen LogP contribution is 2.35. The summed E-state index contributed by atoms with van der Waals surface area (Å²) in [6, 6.07) is 0.243. The summed E-state index contributed by atoms with van der Waals surface area (Å²) in [7, 11) is 1.64. The summed E-state index contributed by atoms with van der Waals surface area (Å²) in [5.41, 5.74) is 0. The summed E-state index contributed by atoms with van der Waals surface area (Å²) < 4.78 is 4.97. The second-order valence-corrected chi connectivity index (χ2v) is 6.42. The molecule has 5 heteroatoms. The lowest BCUT2D eigenvalue weighted by atomic mass is 9.80. The molecule has 1 saturated carbocycles. The monoisotopic (exact) mass is 298 g/mol. The number of aliphatic hydroxyl groups is 1. The van der Waals surface area contributed by atoms with Crippen LogP contribution in [0.5, 0.6) is 0 Å². The normalized spacial score (nSPS) is 32.0. The maximum atomic E-state index is 12.2. The molecule has 0 aromatic carbocycles. The minimum Gasteiger partial charge on any atom is -0.393 e.